The van der Waals surface area contributed by atoms with E-state index in [4.69, 9.17) is 23.2 Å². The van der Waals surface area contributed by atoms with Crippen LogP contribution in [-0.2, 0) is 0 Å². The summed E-state index contributed by atoms with van der Waals surface area (Å²) < 4.78 is 0. The van der Waals surface area contributed by atoms with Crippen LogP contribution < -0.4 is 5.32 Å². The monoisotopic (exact) mass is 507 g/mol. The number of amides is 1. The highest BCUT2D eigenvalue weighted by Gasteiger charge is 2.40. The Morgan fingerprint density at radius 1 is 1.12 bits per heavy atom. The van der Waals surface area contributed by atoms with Crippen molar-refractivity contribution in [2.75, 3.05) is 26.2 Å². The molecule has 0 bridgehead atoms. The van der Waals surface area contributed by atoms with Gasteiger partial charge < -0.3 is 15.2 Å². The van der Waals surface area contributed by atoms with E-state index >= 15 is 0 Å². The van der Waals surface area contributed by atoms with E-state index in [1.54, 1.807) is 0 Å². The van der Waals surface area contributed by atoms with E-state index in [1.807, 2.05) is 42.5 Å². The Balaban J connectivity index is 0.00000306. The fourth-order valence-corrected chi connectivity index (χ4v) is 4.98. The van der Waals surface area contributed by atoms with Gasteiger partial charge in [-0.05, 0) is 74.4 Å². The highest BCUT2D eigenvalue weighted by molar-refractivity contribution is 6.42. The molecule has 33 heavy (non-hydrogen) atoms. The Morgan fingerprint density at radius 3 is 2.73 bits per heavy atom. The van der Waals surface area contributed by atoms with Gasteiger partial charge in [0.05, 0.1) is 10.0 Å². The molecule has 2 N–H and O–H groups in total. The third kappa shape index (κ3) is 6.66. The van der Waals surface area contributed by atoms with Crippen molar-refractivity contribution in [3.05, 3.63) is 69.8 Å². The Hall–Kier alpha value is -1.72. The van der Waals surface area contributed by atoms with E-state index in [1.165, 1.54) is 12.0 Å². The fourth-order valence-electron chi connectivity index (χ4n) is 4.53. The molecule has 3 aromatic rings. The number of nitrogens with one attached hydrogen (secondary N) is 2. The van der Waals surface area contributed by atoms with E-state index < -0.39 is 0 Å². The van der Waals surface area contributed by atoms with Crippen LogP contribution in [0.5, 0.6) is 0 Å². The van der Waals surface area contributed by atoms with Crippen LogP contribution in [0.2, 0.25) is 10.0 Å². The molecule has 2 atom stereocenters. The van der Waals surface area contributed by atoms with E-state index in [9.17, 15) is 4.79 Å². The van der Waals surface area contributed by atoms with Gasteiger partial charge in [-0.3, -0.25) is 4.79 Å². The summed E-state index contributed by atoms with van der Waals surface area (Å²) in [5.41, 5.74) is 2.81. The molecule has 4 rings (SSSR count). The number of aromatic nitrogens is 1. The summed E-state index contributed by atoms with van der Waals surface area (Å²) >= 11 is 12.6. The smallest absolute Gasteiger partial charge is 0.267 e. The molecule has 7 heteroatoms. The van der Waals surface area contributed by atoms with Gasteiger partial charge >= 0.3 is 0 Å². The van der Waals surface area contributed by atoms with E-state index in [0.717, 1.165) is 54.8 Å². The number of fused-ring (bicyclic) bond motifs is 1. The number of aromatic amines is 1. The molecule has 4 nitrogen and oxygen atoms in total. The van der Waals surface area contributed by atoms with Gasteiger partial charge in [-0.15, -0.1) is 12.4 Å². The number of H-pyrrole nitrogens is 1. The van der Waals surface area contributed by atoms with Crippen molar-refractivity contribution >= 4 is 52.4 Å². The Kier molecular flexibility index (Phi) is 9.51. The van der Waals surface area contributed by atoms with Gasteiger partial charge in [0.25, 0.3) is 5.91 Å². The van der Waals surface area contributed by atoms with E-state index in [0.29, 0.717) is 29.1 Å². The van der Waals surface area contributed by atoms with Gasteiger partial charge in [0.2, 0.25) is 0 Å². The van der Waals surface area contributed by atoms with Gasteiger partial charge in [-0.1, -0.05) is 60.5 Å². The minimum Gasteiger partial charge on any atom is -0.351 e. The Labute approximate surface area is 212 Å². The van der Waals surface area contributed by atoms with Crippen LogP contribution in [0.15, 0.2) is 48.5 Å². The van der Waals surface area contributed by atoms with Crippen LogP contribution in [0.3, 0.4) is 0 Å². The Morgan fingerprint density at radius 2 is 1.94 bits per heavy atom. The minimum absolute atomic E-state index is 0. The van der Waals surface area contributed by atoms with Gasteiger partial charge in [0.1, 0.15) is 5.69 Å². The summed E-state index contributed by atoms with van der Waals surface area (Å²) in [6, 6.07) is 15.8. The standard InChI is InChI=1S/C26H31Cl2N3O.ClH/c1-2-13-31(17-19-15-21(19)20-9-7-10-22(27)25(20)28)14-6-5-12-29-26(32)24-16-18-8-3-4-11-23(18)30-24;/h3-4,7-11,16,19,21,30H,2,5-6,12-15,17H2,1H3,(H,29,32);1H. The molecule has 2 aromatic carbocycles. The molecule has 0 aliphatic heterocycles. The van der Waals surface area contributed by atoms with Gasteiger partial charge in [0, 0.05) is 24.0 Å². The van der Waals surface area contributed by atoms with Gasteiger partial charge in [-0.25, -0.2) is 0 Å². The lowest BCUT2D eigenvalue weighted by Gasteiger charge is -2.22. The molecule has 1 aliphatic carbocycles. The number of rotatable bonds is 11. The third-order valence-corrected chi connectivity index (χ3v) is 7.13. The minimum atomic E-state index is -0.0363. The lowest BCUT2D eigenvalue weighted by atomic mass is 10.1. The summed E-state index contributed by atoms with van der Waals surface area (Å²) in [5.74, 6) is 1.14. The van der Waals surface area contributed by atoms with Gasteiger partial charge in [0.15, 0.2) is 0 Å². The first kappa shape index (κ1) is 25.9. The zero-order chi connectivity index (χ0) is 22.5. The molecule has 0 spiro atoms. The van der Waals surface area contributed by atoms with Crippen LogP contribution in [-0.4, -0.2) is 42.0 Å². The van der Waals surface area contributed by atoms with Gasteiger partial charge in [-0.2, -0.15) is 0 Å². The highest BCUT2D eigenvalue weighted by atomic mass is 35.5. The van der Waals surface area contributed by atoms with Crippen LogP contribution >= 0.6 is 35.6 Å². The average Bonchev–Trinajstić information content (AvgIpc) is 3.40. The SMILES string of the molecule is CCCN(CCCCNC(=O)c1cc2ccccc2[nH]1)CC1CC1c1cccc(Cl)c1Cl.Cl. The summed E-state index contributed by atoms with van der Waals surface area (Å²) in [7, 11) is 0. The largest absolute Gasteiger partial charge is 0.351 e. The molecule has 0 saturated heterocycles. The zero-order valence-corrected chi connectivity index (χ0v) is 21.3. The number of hydrogen-bond donors (Lipinski definition) is 2. The van der Waals surface area contributed by atoms with Crippen LogP contribution in [0.1, 0.15) is 54.6 Å². The summed E-state index contributed by atoms with van der Waals surface area (Å²) in [5, 5.41) is 5.47. The van der Waals surface area contributed by atoms with Crippen molar-refractivity contribution in [3.8, 4) is 0 Å². The van der Waals surface area contributed by atoms with E-state index in [-0.39, 0.29) is 18.3 Å². The maximum absolute atomic E-state index is 12.4. The number of hydrogen-bond acceptors (Lipinski definition) is 2. The summed E-state index contributed by atoms with van der Waals surface area (Å²) in [4.78, 5) is 18.2. The maximum Gasteiger partial charge on any atom is 0.267 e. The number of halogens is 3. The number of nitrogens with zero attached hydrogens (tertiary/aromatic N) is 1. The maximum atomic E-state index is 12.4. The number of carbonyl (C=O) groups excluding carboxylic acids is 1. The van der Waals surface area contributed by atoms with Crippen LogP contribution in [0.25, 0.3) is 10.9 Å². The predicted molar refractivity (Wildman–Crippen MR) is 141 cm³/mol. The quantitative estimate of drug-likeness (QED) is 0.276. The molecular formula is C26H32Cl3N3O. The zero-order valence-electron chi connectivity index (χ0n) is 18.9. The van der Waals surface area contributed by atoms with Crippen molar-refractivity contribution in [2.24, 2.45) is 5.92 Å². The summed E-state index contributed by atoms with van der Waals surface area (Å²) in [6.07, 6.45) is 4.37. The second-order valence-corrected chi connectivity index (χ2v) is 9.56. The normalized spacial score (nSPS) is 17.2. The lowest BCUT2D eigenvalue weighted by molar-refractivity contribution is 0.0948. The molecule has 178 valence electrons. The molecule has 1 amide bonds. The topological polar surface area (TPSA) is 48.1 Å². The third-order valence-electron chi connectivity index (χ3n) is 6.30. The fraction of sp³-hybridized carbons (Fsp3) is 0.423. The lowest BCUT2D eigenvalue weighted by Crippen LogP contribution is -2.30. The van der Waals surface area contributed by atoms with Crippen LogP contribution in [0.4, 0.5) is 0 Å². The average molecular weight is 509 g/mol. The predicted octanol–water partition coefficient (Wildman–Crippen LogP) is 6.92. The second-order valence-electron chi connectivity index (χ2n) is 8.78. The highest BCUT2D eigenvalue weighted by Crippen LogP contribution is 2.50. The number of benzene rings is 2. The first-order chi connectivity index (χ1) is 15.6. The Bertz CT molecular complexity index is 1030. The molecule has 1 aliphatic rings. The van der Waals surface area contributed by atoms with Crippen molar-refractivity contribution in [1.82, 2.24) is 15.2 Å². The molecule has 1 saturated carbocycles. The number of carbonyl (C=O) groups is 1. The molecule has 1 heterocycles. The molecule has 2 unspecified atom stereocenters. The molecular weight excluding hydrogens is 477 g/mol. The first-order valence-corrected chi connectivity index (χ1v) is 12.3. The number of para-hydroxylation sites is 1. The van der Waals surface area contributed by atoms with Crippen molar-refractivity contribution in [1.29, 1.82) is 0 Å². The van der Waals surface area contributed by atoms with Crippen molar-refractivity contribution < 1.29 is 4.79 Å². The first-order valence-electron chi connectivity index (χ1n) is 11.6. The molecule has 1 aromatic heterocycles. The van der Waals surface area contributed by atoms with Crippen LogP contribution in [0, 0.1) is 5.92 Å². The molecule has 1 fully saturated rings. The van der Waals surface area contributed by atoms with Crippen molar-refractivity contribution in [3.63, 3.8) is 0 Å². The summed E-state index contributed by atoms with van der Waals surface area (Å²) in [6.45, 7) is 6.18. The van der Waals surface area contributed by atoms with Crippen molar-refractivity contribution in [2.45, 2.75) is 38.5 Å². The number of unbranched alkanes of at least 4 members (excludes halogenated alkanes) is 1. The molecule has 0 radical (unpaired) electrons. The second kappa shape index (κ2) is 12.1. The van der Waals surface area contributed by atoms with E-state index in [2.05, 4.69) is 28.2 Å².